The van der Waals surface area contributed by atoms with E-state index in [1.165, 1.54) is 16.7 Å². The van der Waals surface area contributed by atoms with Gasteiger partial charge in [-0.05, 0) is 41.0 Å². The maximum atomic E-state index is 13.0. The fraction of sp³-hybridized carbons (Fsp3) is 0.0400. The Morgan fingerprint density at radius 2 is 1.73 bits per heavy atom. The van der Waals surface area contributed by atoms with Crippen LogP contribution in [-0.2, 0) is 0 Å². The summed E-state index contributed by atoms with van der Waals surface area (Å²) in [6.45, 7) is 2.01. The Balaban J connectivity index is 1.61. The SMILES string of the molecule is Cc1sc2nc(/C(Cl)=C/c3ccc4ccccc4c3)[nH]c(=O)c2c1-c1ccccc1. The molecule has 0 radical (unpaired) electrons. The first-order valence-electron chi connectivity index (χ1n) is 9.55. The van der Waals surface area contributed by atoms with Crippen LogP contribution in [0.25, 0.3) is 43.2 Å². The molecule has 5 heteroatoms. The van der Waals surface area contributed by atoms with Gasteiger partial charge in [0, 0.05) is 10.4 Å². The zero-order chi connectivity index (χ0) is 20.7. The molecule has 0 atom stereocenters. The first-order chi connectivity index (χ1) is 14.6. The zero-order valence-corrected chi connectivity index (χ0v) is 17.7. The van der Waals surface area contributed by atoms with Gasteiger partial charge in [-0.25, -0.2) is 4.98 Å². The molecular formula is C25H17ClN2OS. The summed E-state index contributed by atoms with van der Waals surface area (Å²) in [4.78, 5) is 22.2. The van der Waals surface area contributed by atoms with Crippen molar-refractivity contribution in [3.05, 3.63) is 99.4 Å². The van der Waals surface area contributed by atoms with Gasteiger partial charge in [-0.2, -0.15) is 0 Å². The second-order valence-electron chi connectivity index (χ2n) is 7.09. The van der Waals surface area contributed by atoms with Gasteiger partial charge in [-0.15, -0.1) is 11.3 Å². The van der Waals surface area contributed by atoms with Crippen molar-refractivity contribution in [2.45, 2.75) is 6.92 Å². The molecule has 0 unspecified atom stereocenters. The number of aryl methyl sites for hydroxylation is 1. The summed E-state index contributed by atoms with van der Waals surface area (Å²) in [5, 5.41) is 3.31. The van der Waals surface area contributed by atoms with E-state index >= 15 is 0 Å². The average Bonchev–Trinajstić information content (AvgIpc) is 3.10. The van der Waals surface area contributed by atoms with E-state index in [4.69, 9.17) is 11.6 Å². The summed E-state index contributed by atoms with van der Waals surface area (Å²) in [6, 6.07) is 24.2. The lowest BCUT2D eigenvalue weighted by atomic mass is 10.0. The van der Waals surface area contributed by atoms with Gasteiger partial charge in [-0.1, -0.05) is 78.3 Å². The normalized spacial score (nSPS) is 12.0. The van der Waals surface area contributed by atoms with Crippen LogP contribution in [0.5, 0.6) is 0 Å². The molecule has 0 aliphatic carbocycles. The number of halogens is 1. The predicted molar refractivity (Wildman–Crippen MR) is 128 cm³/mol. The molecule has 0 saturated carbocycles. The monoisotopic (exact) mass is 428 g/mol. The molecule has 30 heavy (non-hydrogen) atoms. The van der Waals surface area contributed by atoms with Gasteiger partial charge in [0.2, 0.25) is 0 Å². The Bertz CT molecular complexity index is 1480. The second kappa shape index (κ2) is 7.56. The third-order valence-electron chi connectivity index (χ3n) is 5.09. The Morgan fingerprint density at radius 1 is 1.00 bits per heavy atom. The van der Waals surface area contributed by atoms with Crippen molar-refractivity contribution in [2.24, 2.45) is 0 Å². The van der Waals surface area contributed by atoms with Gasteiger partial charge in [0.15, 0.2) is 5.82 Å². The fourth-order valence-corrected chi connectivity index (χ4v) is 4.96. The lowest BCUT2D eigenvalue weighted by Gasteiger charge is -2.03. The smallest absolute Gasteiger partial charge is 0.260 e. The van der Waals surface area contributed by atoms with E-state index in [1.54, 1.807) is 0 Å². The maximum Gasteiger partial charge on any atom is 0.260 e. The number of thiophene rings is 1. The van der Waals surface area contributed by atoms with Gasteiger partial charge in [-0.3, -0.25) is 4.79 Å². The number of aromatic amines is 1. The molecule has 3 nitrogen and oxygen atoms in total. The van der Waals surface area contributed by atoms with Crippen molar-refractivity contribution in [1.82, 2.24) is 9.97 Å². The zero-order valence-electron chi connectivity index (χ0n) is 16.1. The molecule has 3 aromatic carbocycles. The molecule has 0 amide bonds. The van der Waals surface area contributed by atoms with Gasteiger partial charge in [0.1, 0.15) is 4.83 Å². The van der Waals surface area contributed by atoms with Crippen LogP contribution in [0.2, 0.25) is 0 Å². The number of hydrogen-bond acceptors (Lipinski definition) is 3. The highest BCUT2D eigenvalue weighted by molar-refractivity contribution is 7.19. The number of H-pyrrole nitrogens is 1. The van der Waals surface area contributed by atoms with E-state index in [1.807, 2.05) is 61.5 Å². The summed E-state index contributed by atoms with van der Waals surface area (Å²) in [5.41, 5.74) is 2.72. The predicted octanol–water partition coefficient (Wildman–Crippen LogP) is 6.85. The van der Waals surface area contributed by atoms with Crippen molar-refractivity contribution >= 4 is 55.0 Å². The number of nitrogens with one attached hydrogen (secondary N) is 1. The lowest BCUT2D eigenvalue weighted by molar-refractivity contribution is 1.14. The number of rotatable bonds is 3. The second-order valence-corrected chi connectivity index (χ2v) is 8.70. The summed E-state index contributed by atoms with van der Waals surface area (Å²) in [6.07, 6.45) is 1.83. The van der Waals surface area contributed by atoms with Gasteiger partial charge in [0.05, 0.1) is 10.4 Å². The van der Waals surface area contributed by atoms with Crippen LogP contribution in [0.15, 0.2) is 77.6 Å². The first kappa shape index (κ1) is 18.8. The quantitative estimate of drug-likeness (QED) is 0.341. The molecule has 1 N–H and O–H groups in total. The molecule has 2 heterocycles. The molecule has 146 valence electrons. The maximum absolute atomic E-state index is 13.0. The Morgan fingerprint density at radius 3 is 2.53 bits per heavy atom. The van der Waals surface area contributed by atoms with Crippen molar-refractivity contribution in [3.8, 4) is 11.1 Å². The third-order valence-corrected chi connectivity index (χ3v) is 6.38. The van der Waals surface area contributed by atoms with Crippen molar-refractivity contribution in [3.63, 3.8) is 0 Å². The highest BCUT2D eigenvalue weighted by Gasteiger charge is 2.17. The number of fused-ring (bicyclic) bond motifs is 2. The molecule has 2 aromatic heterocycles. The van der Waals surface area contributed by atoms with Crippen LogP contribution >= 0.6 is 22.9 Å². The van der Waals surface area contributed by atoms with Crippen LogP contribution in [0, 0.1) is 6.92 Å². The van der Waals surface area contributed by atoms with Crippen LogP contribution in [-0.4, -0.2) is 9.97 Å². The fourth-order valence-electron chi connectivity index (χ4n) is 3.70. The minimum absolute atomic E-state index is 0.178. The minimum Gasteiger partial charge on any atom is -0.305 e. The van der Waals surface area contributed by atoms with E-state index in [-0.39, 0.29) is 5.56 Å². The Hall–Kier alpha value is -3.21. The molecule has 0 bridgehead atoms. The number of benzene rings is 3. The number of nitrogens with zero attached hydrogens (tertiary/aromatic N) is 1. The van der Waals surface area contributed by atoms with E-state index < -0.39 is 0 Å². The third kappa shape index (κ3) is 3.34. The minimum atomic E-state index is -0.178. The molecule has 0 spiro atoms. The molecule has 0 fully saturated rings. The summed E-state index contributed by atoms with van der Waals surface area (Å²) < 4.78 is 0. The van der Waals surface area contributed by atoms with Crippen LogP contribution in [0.4, 0.5) is 0 Å². The topological polar surface area (TPSA) is 45.8 Å². The van der Waals surface area contributed by atoms with Gasteiger partial charge < -0.3 is 4.98 Å². The summed E-state index contributed by atoms with van der Waals surface area (Å²) >= 11 is 8.07. The molecule has 5 rings (SSSR count). The highest BCUT2D eigenvalue weighted by Crippen LogP contribution is 2.36. The Kier molecular flexibility index (Phi) is 4.74. The molecule has 0 aliphatic heterocycles. The number of hydrogen-bond donors (Lipinski definition) is 1. The summed E-state index contributed by atoms with van der Waals surface area (Å²) in [7, 11) is 0. The van der Waals surface area contributed by atoms with E-state index in [9.17, 15) is 4.79 Å². The largest absolute Gasteiger partial charge is 0.305 e. The number of aromatic nitrogens is 2. The van der Waals surface area contributed by atoms with Crippen LogP contribution < -0.4 is 5.56 Å². The van der Waals surface area contributed by atoms with E-state index in [0.717, 1.165) is 27.0 Å². The van der Waals surface area contributed by atoms with Crippen LogP contribution in [0.3, 0.4) is 0 Å². The standard InChI is InChI=1S/C25H17ClN2OS/c1-15-21(18-8-3-2-4-9-18)22-24(29)27-23(28-25(22)30-15)20(26)14-16-11-12-17-7-5-6-10-19(17)13-16/h2-14H,1H3,(H,27,28,29)/b20-14-. The summed E-state index contributed by atoms with van der Waals surface area (Å²) in [5.74, 6) is 0.378. The molecule has 5 aromatic rings. The highest BCUT2D eigenvalue weighted by atomic mass is 35.5. The molecule has 0 aliphatic rings. The van der Waals surface area contributed by atoms with E-state index in [0.29, 0.717) is 21.1 Å². The Labute approximate surface area is 182 Å². The lowest BCUT2D eigenvalue weighted by Crippen LogP contribution is -2.10. The molecule has 0 saturated heterocycles. The van der Waals surface area contributed by atoms with Crippen molar-refractivity contribution in [1.29, 1.82) is 0 Å². The van der Waals surface area contributed by atoms with Crippen molar-refractivity contribution < 1.29 is 0 Å². The molecular weight excluding hydrogens is 412 g/mol. The van der Waals surface area contributed by atoms with Gasteiger partial charge in [0.25, 0.3) is 5.56 Å². The van der Waals surface area contributed by atoms with Crippen molar-refractivity contribution in [2.75, 3.05) is 0 Å². The first-order valence-corrected chi connectivity index (χ1v) is 10.7. The van der Waals surface area contributed by atoms with Crippen LogP contribution in [0.1, 0.15) is 16.3 Å². The van der Waals surface area contributed by atoms with Gasteiger partial charge >= 0.3 is 0 Å². The average molecular weight is 429 g/mol. The van der Waals surface area contributed by atoms with E-state index in [2.05, 4.69) is 34.2 Å².